The third-order valence-electron chi connectivity index (χ3n) is 5.10. The van der Waals surface area contributed by atoms with Crippen LogP contribution in [0.3, 0.4) is 0 Å². The van der Waals surface area contributed by atoms with Gasteiger partial charge >= 0.3 is 0 Å². The molecule has 0 aliphatic carbocycles. The maximum Gasteiger partial charge on any atom is 0.273 e. The van der Waals surface area contributed by atoms with Crippen LogP contribution in [0.1, 0.15) is 21.6 Å². The first-order valence-corrected chi connectivity index (χ1v) is 10.2. The minimum atomic E-state index is -0.222. The number of para-hydroxylation sites is 1. The molecule has 4 nitrogen and oxygen atoms in total. The molecule has 0 unspecified atom stereocenters. The summed E-state index contributed by atoms with van der Waals surface area (Å²) < 4.78 is 14.0. The highest BCUT2D eigenvalue weighted by Gasteiger charge is 2.25. The quantitative estimate of drug-likeness (QED) is 0.654. The zero-order valence-electron chi connectivity index (χ0n) is 16.0. The van der Waals surface area contributed by atoms with Gasteiger partial charge in [-0.2, -0.15) is 0 Å². The summed E-state index contributed by atoms with van der Waals surface area (Å²) in [6, 6.07) is 13.0. The first-order valence-electron chi connectivity index (χ1n) is 9.35. The van der Waals surface area contributed by atoms with Crippen molar-refractivity contribution in [3.8, 4) is 10.6 Å². The van der Waals surface area contributed by atoms with Crippen molar-refractivity contribution >= 4 is 22.9 Å². The molecule has 6 heteroatoms. The first-order chi connectivity index (χ1) is 13.5. The number of benzene rings is 2. The number of carbonyl (C=O) groups is 1. The van der Waals surface area contributed by atoms with Crippen molar-refractivity contribution in [2.45, 2.75) is 13.8 Å². The van der Waals surface area contributed by atoms with Crippen LogP contribution in [0.5, 0.6) is 0 Å². The second-order valence-corrected chi connectivity index (χ2v) is 7.95. The van der Waals surface area contributed by atoms with Crippen molar-refractivity contribution in [1.82, 2.24) is 9.88 Å². The minimum absolute atomic E-state index is 0.0551. The molecule has 1 aliphatic heterocycles. The highest BCUT2D eigenvalue weighted by molar-refractivity contribution is 7.13. The summed E-state index contributed by atoms with van der Waals surface area (Å²) in [7, 11) is 0. The van der Waals surface area contributed by atoms with Crippen LogP contribution < -0.4 is 4.90 Å². The Bertz CT molecular complexity index is 1010. The molecule has 2 aromatic carbocycles. The molecule has 0 saturated carbocycles. The van der Waals surface area contributed by atoms with Crippen molar-refractivity contribution in [2.24, 2.45) is 0 Å². The van der Waals surface area contributed by atoms with E-state index in [4.69, 9.17) is 0 Å². The molecule has 1 fully saturated rings. The van der Waals surface area contributed by atoms with Gasteiger partial charge in [0.2, 0.25) is 0 Å². The number of rotatable bonds is 3. The normalized spacial score (nSPS) is 14.4. The van der Waals surface area contributed by atoms with E-state index in [9.17, 15) is 9.18 Å². The number of hydrogen-bond acceptors (Lipinski definition) is 4. The molecule has 0 spiro atoms. The molecular formula is C22H22FN3OS. The van der Waals surface area contributed by atoms with Gasteiger partial charge in [0.25, 0.3) is 5.91 Å². The number of amides is 1. The summed E-state index contributed by atoms with van der Waals surface area (Å²) in [6.07, 6.45) is 0. The molecule has 0 atom stereocenters. The van der Waals surface area contributed by atoms with Crippen LogP contribution in [-0.2, 0) is 0 Å². The lowest BCUT2D eigenvalue weighted by atomic mass is 10.1. The summed E-state index contributed by atoms with van der Waals surface area (Å²) in [5.74, 6) is -0.277. The van der Waals surface area contributed by atoms with Crippen molar-refractivity contribution in [3.05, 3.63) is 70.5 Å². The number of aromatic nitrogens is 1. The van der Waals surface area contributed by atoms with Gasteiger partial charge in [-0.15, -0.1) is 11.3 Å². The Kier molecular flexibility index (Phi) is 5.13. The van der Waals surface area contributed by atoms with E-state index in [1.807, 2.05) is 16.3 Å². The number of aryl methyl sites for hydroxylation is 2. The fraction of sp³-hybridized carbons (Fsp3) is 0.273. The van der Waals surface area contributed by atoms with E-state index in [-0.39, 0.29) is 11.7 Å². The molecule has 1 amide bonds. The van der Waals surface area contributed by atoms with Crippen LogP contribution >= 0.6 is 11.3 Å². The molecule has 0 radical (unpaired) electrons. The third-order valence-corrected chi connectivity index (χ3v) is 5.97. The van der Waals surface area contributed by atoms with E-state index < -0.39 is 0 Å². The molecule has 3 aromatic rings. The van der Waals surface area contributed by atoms with E-state index >= 15 is 0 Å². The molecule has 1 aromatic heterocycles. The fourth-order valence-electron chi connectivity index (χ4n) is 3.57. The van der Waals surface area contributed by atoms with Gasteiger partial charge in [0, 0.05) is 37.1 Å². The maximum atomic E-state index is 14.0. The Labute approximate surface area is 168 Å². The van der Waals surface area contributed by atoms with Gasteiger partial charge < -0.3 is 9.80 Å². The van der Waals surface area contributed by atoms with Gasteiger partial charge in [-0.25, -0.2) is 9.37 Å². The summed E-state index contributed by atoms with van der Waals surface area (Å²) in [5, 5.41) is 2.70. The van der Waals surface area contributed by atoms with Crippen LogP contribution in [0.2, 0.25) is 0 Å². The summed E-state index contributed by atoms with van der Waals surface area (Å²) in [4.78, 5) is 21.3. The molecular weight excluding hydrogens is 373 g/mol. The number of anilines is 1. The Morgan fingerprint density at radius 1 is 1.07 bits per heavy atom. The Morgan fingerprint density at radius 3 is 2.54 bits per heavy atom. The average molecular weight is 396 g/mol. The van der Waals surface area contributed by atoms with E-state index in [2.05, 4.69) is 37.0 Å². The van der Waals surface area contributed by atoms with Gasteiger partial charge in [0.1, 0.15) is 16.5 Å². The van der Waals surface area contributed by atoms with Crippen molar-refractivity contribution < 1.29 is 9.18 Å². The Balaban J connectivity index is 1.45. The van der Waals surface area contributed by atoms with Crippen molar-refractivity contribution in [1.29, 1.82) is 0 Å². The second kappa shape index (κ2) is 7.72. The number of halogens is 1. The zero-order valence-corrected chi connectivity index (χ0v) is 16.8. The molecule has 28 heavy (non-hydrogen) atoms. The summed E-state index contributed by atoms with van der Waals surface area (Å²) >= 11 is 1.50. The van der Waals surface area contributed by atoms with Crippen molar-refractivity contribution in [2.75, 3.05) is 31.1 Å². The maximum absolute atomic E-state index is 14.0. The summed E-state index contributed by atoms with van der Waals surface area (Å²) in [6.45, 7) is 6.47. The molecule has 2 heterocycles. The number of carbonyl (C=O) groups excluding carboxylic acids is 1. The largest absolute Gasteiger partial charge is 0.366 e. The molecule has 0 N–H and O–H groups in total. The van der Waals surface area contributed by atoms with Gasteiger partial charge in [-0.05, 0) is 31.5 Å². The topological polar surface area (TPSA) is 36.4 Å². The third kappa shape index (κ3) is 3.64. The first kappa shape index (κ1) is 18.6. The minimum Gasteiger partial charge on any atom is -0.366 e. The lowest BCUT2D eigenvalue weighted by Gasteiger charge is -2.35. The predicted octanol–water partition coefficient (Wildman–Crippen LogP) is 4.53. The molecule has 1 saturated heterocycles. The van der Waals surface area contributed by atoms with E-state index in [1.165, 1.54) is 23.0 Å². The smallest absolute Gasteiger partial charge is 0.273 e. The van der Waals surface area contributed by atoms with Crippen LogP contribution in [-0.4, -0.2) is 42.0 Å². The highest BCUT2D eigenvalue weighted by atomic mass is 32.1. The number of nitrogens with zero attached hydrogens (tertiary/aromatic N) is 3. The monoisotopic (exact) mass is 395 g/mol. The standard InChI is InChI=1S/C22H22FN3OS/c1-15-7-8-17(16(2)13-15)21-24-19(14-28-21)22(27)26-11-9-25(10-12-26)20-6-4-3-5-18(20)23/h3-8,13-14H,9-12H2,1-2H3. The number of piperazine rings is 1. The number of hydrogen-bond donors (Lipinski definition) is 0. The van der Waals surface area contributed by atoms with E-state index in [0.717, 1.165) is 16.1 Å². The lowest BCUT2D eigenvalue weighted by molar-refractivity contribution is 0.0741. The van der Waals surface area contributed by atoms with Crippen LogP contribution in [0.4, 0.5) is 10.1 Å². The van der Waals surface area contributed by atoms with Gasteiger partial charge in [0.15, 0.2) is 0 Å². The lowest BCUT2D eigenvalue weighted by Crippen LogP contribution is -2.49. The molecule has 1 aliphatic rings. The predicted molar refractivity (Wildman–Crippen MR) is 112 cm³/mol. The average Bonchev–Trinajstić information content (AvgIpc) is 3.18. The summed E-state index contributed by atoms with van der Waals surface area (Å²) in [5.41, 5.74) is 4.52. The van der Waals surface area contributed by atoms with Crippen molar-refractivity contribution in [3.63, 3.8) is 0 Å². The van der Waals surface area contributed by atoms with Crippen LogP contribution in [0, 0.1) is 19.7 Å². The zero-order chi connectivity index (χ0) is 19.7. The SMILES string of the molecule is Cc1ccc(-c2nc(C(=O)N3CCN(c4ccccc4F)CC3)cs2)c(C)c1. The van der Waals surface area contributed by atoms with Gasteiger partial charge in [0.05, 0.1) is 5.69 Å². The second-order valence-electron chi connectivity index (χ2n) is 7.09. The number of thiazole rings is 1. The van der Waals surface area contributed by atoms with Crippen LogP contribution in [0.15, 0.2) is 47.8 Å². The molecule has 0 bridgehead atoms. The Hall–Kier alpha value is -2.73. The molecule has 144 valence electrons. The molecule has 4 rings (SSSR count). The van der Waals surface area contributed by atoms with Crippen LogP contribution in [0.25, 0.3) is 10.6 Å². The fourth-order valence-corrected chi connectivity index (χ4v) is 4.45. The Morgan fingerprint density at radius 2 is 1.82 bits per heavy atom. The van der Waals surface area contributed by atoms with Gasteiger partial charge in [-0.1, -0.05) is 35.9 Å². The van der Waals surface area contributed by atoms with E-state index in [1.54, 1.807) is 17.0 Å². The highest BCUT2D eigenvalue weighted by Crippen LogP contribution is 2.28. The van der Waals surface area contributed by atoms with Gasteiger partial charge in [-0.3, -0.25) is 4.79 Å². The van der Waals surface area contributed by atoms with E-state index in [0.29, 0.717) is 37.6 Å².